The maximum absolute atomic E-state index is 12.5. The summed E-state index contributed by atoms with van der Waals surface area (Å²) in [6, 6.07) is 7.27. The number of aryl methyl sites for hydroxylation is 1. The Kier molecular flexibility index (Phi) is 5.17. The number of carbonyl (C=O) groups is 1. The Balaban J connectivity index is 1.72. The average Bonchev–Trinajstić information content (AvgIpc) is 3.05. The highest BCUT2D eigenvalue weighted by molar-refractivity contribution is 5.91. The number of nitrogens with zero attached hydrogens (tertiary/aromatic N) is 4. The molecular formula is C17H20N6O2. The molecule has 0 saturated heterocycles. The molecule has 8 nitrogen and oxygen atoms in total. The van der Waals surface area contributed by atoms with Crippen molar-refractivity contribution >= 4 is 22.6 Å². The zero-order valence-electron chi connectivity index (χ0n) is 14.2. The minimum atomic E-state index is -0.410. The summed E-state index contributed by atoms with van der Waals surface area (Å²) < 4.78 is 5.27. The highest BCUT2D eigenvalue weighted by Gasteiger charge is 2.19. The van der Waals surface area contributed by atoms with E-state index in [1.54, 1.807) is 6.92 Å². The average molecular weight is 340 g/mol. The summed E-state index contributed by atoms with van der Waals surface area (Å²) in [5.74, 6) is 1.36. The van der Waals surface area contributed by atoms with Gasteiger partial charge in [0.05, 0.1) is 12.1 Å². The SMILES string of the molecule is CCC[C@@H](Nc1ncnc2ccccc12)C(=O)NCc1nnc(C)o1. The van der Waals surface area contributed by atoms with E-state index in [1.807, 2.05) is 31.2 Å². The van der Waals surface area contributed by atoms with Crippen molar-refractivity contribution in [3.05, 3.63) is 42.4 Å². The molecule has 2 N–H and O–H groups in total. The van der Waals surface area contributed by atoms with Gasteiger partial charge in [0.15, 0.2) is 0 Å². The number of fused-ring (bicyclic) bond motifs is 1. The molecule has 0 radical (unpaired) electrons. The number of nitrogens with one attached hydrogen (secondary N) is 2. The third-order valence-electron chi connectivity index (χ3n) is 3.73. The van der Waals surface area contributed by atoms with Gasteiger partial charge in [-0.25, -0.2) is 9.97 Å². The first kappa shape index (κ1) is 16.8. The van der Waals surface area contributed by atoms with Crippen molar-refractivity contribution in [2.75, 3.05) is 5.32 Å². The number of amides is 1. The Morgan fingerprint density at radius 1 is 1.24 bits per heavy atom. The van der Waals surface area contributed by atoms with Gasteiger partial charge in [0.25, 0.3) is 0 Å². The molecule has 1 aromatic carbocycles. The molecule has 0 aliphatic rings. The van der Waals surface area contributed by atoms with Gasteiger partial charge < -0.3 is 15.1 Å². The fourth-order valence-corrected chi connectivity index (χ4v) is 2.54. The number of para-hydroxylation sites is 1. The number of benzene rings is 1. The van der Waals surface area contributed by atoms with E-state index in [0.29, 0.717) is 24.0 Å². The molecule has 8 heteroatoms. The monoisotopic (exact) mass is 340 g/mol. The molecule has 0 unspecified atom stereocenters. The maximum atomic E-state index is 12.5. The van der Waals surface area contributed by atoms with E-state index < -0.39 is 6.04 Å². The molecule has 0 fully saturated rings. The van der Waals surface area contributed by atoms with E-state index in [-0.39, 0.29) is 12.5 Å². The predicted molar refractivity (Wildman–Crippen MR) is 92.7 cm³/mol. The van der Waals surface area contributed by atoms with Gasteiger partial charge in [-0.05, 0) is 18.6 Å². The molecule has 2 heterocycles. The standard InChI is InChI=1S/C17H20N6O2/c1-3-6-14(17(24)18-9-15-23-22-11(2)25-15)21-16-12-7-4-5-8-13(12)19-10-20-16/h4-5,7-8,10,14H,3,6,9H2,1-2H3,(H,18,24)(H,19,20,21)/t14-/m1/s1. The van der Waals surface area contributed by atoms with Crippen molar-refractivity contribution in [3.63, 3.8) is 0 Å². The first-order valence-corrected chi connectivity index (χ1v) is 8.20. The lowest BCUT2D eigenvalue weighted by Gasteiger charge is -2.18. The summed E-state index contributed by atoms with van der Waals surface area (Å²) in [7, 11) is 0. The number of hydrogen-bond acceptors (Lipinski definition) is 7. The summed E-state index contributed by atoms with van der Waals surface area (Å²) in [6.45, 7) is 3.94. The van der Waals surface area contributed by atoms with Gasteiger partial charge in [0, 0.05) is 12.3 Å². The quantitative estimate of drug-likeness (QED) is 0.679. The van der Waals surface area contributed by atoms with Gasteiger partial charge in [-0.15, -0.1) is 10.2 Å². The molecule has 130 valence electrons. The Morgan fingerprint density at radius 2 is 2.08 bits per heavy atom. The molecule has 0 aliphatic heterocycles. The third-order valence-corrected chi connectivity index (χ3v) is 3.73. The Hall–Kier alpha value is -3.03. The van der Waals surface area contributed by atoms with Crippen molar-refractivity contribution in [1.29, 1.82) is 0 Å². The zero-order valence-corrected chi connectivity index (χ0v) is 14.2. The van der Waals surface area contributed by atoms with Crippen molar-refractivity contribution in [2.45, 2.75) is 39.3 Å². The minimum Gasteiger partial charge on any atom is -0.424 e. The second kappa shape index (κ2) is 7.69. The van der Waals surface area contributed by atoms with Crippen molar-refractivity contribution in [1.82, 2.24) is 25.5 Å². The van der Waals surface area contributed by atoms with Gasteiger partial charge in [-0.1, -0.05) is 25.5 Å². The number of carbonyl (C=O) groups excluding carboxylic acids is 1. The predicted octanol–water partition coefficient (Wildman–Crippen LogP) is 2.22. The first-order valence-electron chi connectivity index (χ1n) is 8.20. The van der Waals surface area contributed by atoms with E-state index in [4.69, 9.17) is 4.42 Å². The van der Waals surface area contributed by atoms with Crippen LogP contribution in [0.5, 0.6) is 0 Å². The molecule has 0 saturated carbocycles. The Labute approximate surface area is 145 Å². The second-order valence-corrected chi connectivity index (χ2v) is 5.66. The fourth-order valence-electron chi connectivity index (χ4n) is 2.54. The van der Waals surface area contributed by atoms with Gasteiger partial charge in [-0.3, -0.25) is 4.79 Å². The van der Waals surface area contributed by atoms with Gasteiger partial charge in [0.1, 0.15) is 18.2 Å². The largest absolute Gasteiger partial charge is 0.424 e. The molecule has 25 heavy (non-hydrogen) atoms. The van der Waals surface area contributed by atoms with Crippen LogP contribution in [0.2, 0.25) is 0 Å². The molecule has 0 aliphatic carbocycles. The van der Waals surface area contributed by atoms with Crippen LogP contribution in [0.1, 0.15) is 31.5 Å². The summed E-state index contributed by atoms with van der Waals surface area (Å²) in [4.78, 5) is 21.1. The molecule has 1 atom stereocenters. The number of rotatable bonds is 7. The number of anilines is 1. The molecular weight excluding hydrogens is 320 g/mol. The van der Waals surface area contributed by atoms with E-state index in [1.165, 1.54) is 6.33 Å². The highest BCUT2D eigenvalue weighted by atomic mass is 16.4. The van der Waals surface area contributed by atoms with E-state index in [0.717, 1.165) is 17.3 Å². The van der Waals surface area contributed by atoms with E-state index in [9.17, 15) is 4.79 Å². The van der Waals surface area contributed by atoms with Crippen molar-refractivity contribution in [2.24, 2.45) is 0 Å². The van der Waals surface area contributed by atoms with Crippen LogP contribution in [0.3, 0.4) is 0 Å². The number of hydrogen-bond donors (Lipinski definition) is 2. The molecule has 3 aromatic rings. The van der Waals surface area contributed by atoms with Crippen LogP contribution in [0.25, 0.3) is 10.9 Å². The van der Waals surface area contributed by atoms with Gasteiger partial charge in [-0.2, -0.15) is 0 Å². The summed E-state index contributed by atoms with van der Waals surface area (Å²) in [5, 5.41) is 14.6. The topological polar surface area (TPSA) is 106 Å². The third kappa shape index (κ3) is 4.09. The number of aromatic nitrogens is 4. The van der Waals surface area contributed by atoms with Crippen LogP contribution >= 0.6 is 0 Å². The molecule has 0 bridgehead atoms. The van der Waals surface area contributed by atoms with Crippen LogP contribution in [0, 0.1) is 6.92 Å². The van der Waals surface area contributed by atoms with Crippen molar-refractivity contribution in [3.8, 4) is 0 Å². The fraction of sp³-hybridized carbons (Fsp3) is 0.353. The van der Waals surface area contributed by atoms with Crippen molar-refractivity contribution < 1.29 is 9.21 Å². The normalized spacial score (nSPS) is 12.1. The van der Waals surface area contributed by atoms with Crippen LogP contribution < -0.4 is 10.6 Å². The van der Waals surface area contributed by atoms with Crippen LogP contribution in [0.15, 0.2) is 35.0 Å². The lowest BCUT2D eigenvalue weighted by molar-refractivity contribution is -0.122. The second-order valence-electron chi connectivity index (χ2n) is 5.66. The Morgan fingerprint density at radius 3 is 2.84 bits per heavy atom. The Bertz CT molecular complexity index is 858. The van der Waals surface area contributed by atoms with Crippen LogP contribution in [-0.4, -0.2) is 32.1 Å². The van der Waals surface area contributed by atoms with E-state index in [2.05, 4.69) is 30.8 Å². The van der Waals surface area contributed by atoms with Crippen LogP contribution in [-0.2, 0) is 11.3 Å². The van der Waals surface area contributed by atoms with Gasteiger partial charge in [0.2, 0.25) is 17.7 Å². The lowest BCUT2D eigenvalue weighted by atomic mass is 10.1. The molecule has 2 aromatic heterocycles. The van der Waals surface area contributed by atoms with E-state index >= 15 is 0 Å². The molecule has 3 rings (SSSR count). The molecule has 0 spiro atoms. The summed E-state index contributed by atoms with van der Waals surface area (Å²) >= 11 is 0. The zero-order chi connectivity index (χ0) is 17.6. The lowest BCUT2D eigenvalue weighted by Crippen LogP contribution is -2.39. The van der Waals surface area contributed by atoms with Crippen LogP contribution in [0.4, 0.5) is 5.82 Å². The van der Waals surface area contributed by atoms with Gasteiger partial charge >= 0.3 is 0 Å². The summed E-state index contributed by atoms with van der Waals surface area (Å²) in [5.41, 5.74) is 0.831. The highest BCUT2D eigenvalue weighted by Crippen LogP contribution is 2.20. The first-order chi connectivity index (χ1) is 12.2. The smallest absolute Gasteiger partial charge is 0.242 e. The minimum absolute atomic E-state index is 0.139. The molecule has 1 amide bonds. The maximum Gasteiger partial charge on any atom is 0.242 e. The summed E-state index contributed by atoms with van der Waals surface area (Å²) in [6.07, 6.45) is 3.02.